The SMILES string of the molecule is c1oc(C2CNC2)nc1C1CCCCO1. The van der Waals surface area contributed by atoms with Gasteiger partial charge in [-0.05, 0) is 19.3 Å². The van der Waals surface area contributed by atoms with Crippen LogP contribution >= 0.6 is 0 Å². The number of oxazole rings is 1. The van der Waals surface area contributed by atoms with Crippen LogP contribution in [0.15, 0.2) is 10.7 Å². The van der Waals surface area contributed by atoms with Crippen LogP contribution in [-0.2, 0) is 4.74 Å². The van der Waals surface area contributed by atoms with Crippen molar-refractivity contribution in [2.45, 2.75) is 31.3 Å². The molecule has 1 N–H and O–H groups in total. The molecule has 1 unspecified atom stereocenters. The van der Waals surface area contributed by atoms with Crippen LogP contribution in [0, 0.1) is 0 Å². The summed E-state index contributed by atoms with van der Waals surface area (Å²) >= 11 is 0. The van der Waals surface area contributed by atoms with Gasteiger partial charge in [-0.25, -0.2) is 4.98 Å². The molecule has 2 aliphatic rings. The minimum atomic E-state index is 0.171. The van der Waals surface area contributed by atoms with Gasteiger partial charge < -0.3 is 14.5 Å². The van der Waals surface area contributed by atoms with Gasteiger partial charge in [-0.3, -0.25) is 0 Å². The van der Waals surface area contributed by atoms with E-state index in [0.29, 0.717) is 5.92 Å². The maximum atomic E-state index is 5.67. The molecule has 0 radical (unpaired) electrons. The highest BCUT2D eigenvalue weighted by Crippen LogP contribution is 2.29. The highest BCUT2D eigenvalue weighted by atomic mass is 16.5. The van der Waals surface area contributed by atoms with Crippen molar-refractivity contribution < 1.29 is 9.15 Å². The first-order valence-corrected chi connectivity index (χ1v) is 5.71. The summed E-state index contributed by atoms with van der Waals surface area (Å²) in [5, 5.41) is 3.22. The molecular weight excluding hydrogens is 192 g/mol. The fraction of sp³-hybridized carbons (Fsp3) is 0.727. The van der Waals surface area contributed by atoms with Crippen molar-refractivity contribution >= 4 is 0 Å². The van der Waals surface area contributed by atoms with Crippen LogP contribution in [0.25, 0.3) is 0 Å². The van der Waals surface area contributed by atoms with Crippen molar-refractivity contribution in [3.63, 3.8) is 0 Å². The van der Waals surface area contributed by atoms with Crippen molar-refractivity contribution in [2.24, 2.45) is 0 Å². The lowest BCUT2D eigenvalue weighted by Gasteiger charge is -2.23. The minimum Gasteiger partial charge on any atom is -0.448 e. The van der Waals surface area contributed by atoms with Crippen LogP contribution in [0.4, 0.5) is 0 Å². The molecule has 1 aromatic rings. The molecule has 4 nitrogen and oxygen atoms in total. The van der Waals surface area contributed by atoms with Gasteiger partial charge in [-0.15, -0.1) is 0 Å². The Morgan fingerprint density at radius 1 is 1.33 bits per heavy atom. The average Bonchev–Trinajstić information content (AvgIpc) is 2.66. The van der Waals surface area contributed by atoms with Gasteiger partial charge in [0.1, 0.15) is 18.1 Å². The van der Waals surface area contributed by atoms with Crippen molar-refractivity contribution in [3.8, 4) is 0 Å². The maximum absolute atomic E-state index is 5.67. The summed E-state index contributed by atoms with van der Waals surface area (Å²) in [6.45, 7) is 2.84. The van der Waals surface area contributed by atoms with Crippen molar-refractivity contribution in [2.75, 3.05) is 19.7 Å². The zero-order valence-corrected chi connectivity index (χ0v) is 8.74. The number of nitrogens with zero attached hydrogens (tertiary/aromatic N) is 1. The average molecular weight is 208 g/mol. The molecule has 2 aliphatic heterocycles. The Kier molecular flexibility index (Phi) is 2.46. The molecule has 4 heteroatoms. The zero-order valence-electron chi connectivity index (χ0n) is 8.74. The summed E-state index contributed by atoms with van der Waals surface area (Å²) in [5.41, 5.74) is 0.983. The first-order chi connectivity index (χ1) is 7.43. The fourth-order valence-electron chi connectivity index (χ4n) is 2.07. The smallest absolute Gasteiger partial charge is 0.199 e. The lowest BCUT2D eigenvalue weighted by molar-refractivity contribution is 0.0122. The fourth-order valence-corrected chi connectivity index (χ4v) is 2.07. The number of ether oxygens (including phenoxy) is 1. The molecule has 0 amide bonds. The van der Waals surface area contributed by atoms with E-state index < -0.39 is 0 Å². The standard InChI is InChI=1S/C11H16N2O2/c1-2-4-14-10(3-1)9-7-15-11(13-9)8-5-12-6-8/h7-8,10,12H,1-6H2. The van der Waals surface area contributed by atoms with Crippen LogP contribution in [0.2, 0.25) is 0 Å². The predicted octanol–water partition coefficient (Wildman–Crippen LogP) is 1.60. The van der Waals surface area contributed by atoms with Gasteiger partial charge in [0.25, 0.3) is 0 Å². The first-order valence-electron chi connectivity index (χ1n) is 5.71. The molecule has 82 valence electrons. The Hall–Kier alpha value is -0.870. The third kappa shape index (κ3) is 1.79. The second-order valence-corrected chi connectivity index (χ2v) is 4.32. The Bertz CT molecular complexity index is 327. The summed E-state index contributed by atoms with van der Waals surface area (Å²) in [5.74, 6) is 1.35. The molecule has 0 spiro atoms. The lowest BCUT2D eigenvalue weighted by atomic mass is 10.0. The number of nitrogens with one attached hydrogen (secondary N) is 1. The summed E-state index contributed by atoms with van der Waals surface area (Å²) in [6.07, 6.45) is 5.42. The van der Waals surface area contributed by atoms with E-state index in [2.05, 4.69) is 10.3 Å². The Balaban J connectivity index is 1.71. The van der Waals surface area contributed by atoms with E-state index >= 15 is 0 Å². The third-order valence-corrected chi connectivity index (χ3v) is 3.18. The van der Waals surface area contributed by atoms with Crippen molar-refractivity contribution in [1.82, 2.24) is 10.3 Å². The molecule has 0 saturated carbocycles. The molecule has 3 rings (SSSR count). The van der Waals surface area contributed by atoms with Crippen LogP contribution in [0.5, 0.6) is 0 Å². The van der Waals surface area contributed by atoms with Gasteiger partial charge in [0, 0.05) is 19.7 Å². The molecular formula is C11H16N2O2. The molecule has 0 bridgehead atoms. The van der Waals surface area contributed by atoms with E-state index in [0.717, 1.165) is 37.7 Å². The van der Waals surface area contributed by atoms with E-state index in [1.54, 1.807) is 6.26 Å². The van der Waals surface area contributed by atoms with Gasteiger partial charge >= 0.3 is 0 Å². The molecule has 15 heavy (non-hydrogen) atoms. The van der Waals surface area contributed by atoms with Gasteiger partial charge in [0.15, 0.2) is 5.89 Å². The van der Waals surface area contributed by atoms with E-state index in [1.165, 1.54) is 12.8 Å². The Morgan fingerprint density at radius 3 is 2.93 bits per heavy atom. The van der Waals surface area contributed by atoms with E-state index in [9.17, 15) is 0 Å². The summed E-state index contributed by atoms with van der Waals surface area (Å²) in [4.78, 5) is 4.52. The minimum absolute atomic E-state index is 0.171. The number of rotatable bonds is 2. The summed E-state index contributed by atoms with van der Waals surface area (Å²) in [6, 6.07) is 0. The molecule has 0 aliphatic carbocycles. The quantitative estimate of drug-likeness (QED) is 0.802. The van der Waals surface area contributed by atoms with Gasteiger partial charge in [0.05, 0.1) is 5.92 Å². The highest BCUT2D eigenvalue weighted by Gasteiger charge is 2.26. The Labute approximate surface area is 89.0 Å². The van der Waals surface area contributed by atoms with E-state index in [1.807, 2.05) is 0 Å². The van der Waals surface area contributed by atoms with Crippen molar-refractivity contribution in [3.05, 3.63) is 17.8 Å². The maximum Gasteiger partial charge on any atom is 0.199 e. The van der Waals surface area contributed by atoms with E-state index in [-0.39, 0.29) is 6.10 Å². The second kappa shape index (κ2) is 3.94. The number of aromatic nitrogens is 1. The van der Waals surface area contributed by atoms with E-state index in [4.69, 9.17) is 9.15 Å². The molecule has 1 atom stereocenters. The first kappa shape index (κ1) is 9.36. The molecule has 2 saturated heterocycles. The van der Waals surface area contributed by atoms with Crippen LogP contribution in [0.3, 0.4) is 0 Å². The molecule has 2 fully saturated rings. The third-order valence-electron chi connectivity index (χ3n) is 3.18. The number of hydrogen-bond donors (Lipinski definition) is 1. The molecule has 0 aromatic carbocycles. The normalized spacial score (nSPS) is 27.6. The largest absolute Gasteiger partial charge is 0.448 e. The predicted molar refractivity (Wildman–Crippen MR) is 54.7 cm³/mol. The summed E-state index contributed by atoms with van der Waals surface area (Å²) in [7, 11) is 0. The van der Waals surface area contributed by atoms with Gasteiger partial charge in [0.2, 0.25) is 0 Å². The zero-order chi connectivity index (χ0) is 10.1. The summed E-state index contributed by atoms with van der Waals surface area (Å²) < 4.78 is 11.2. The topological polar surface area (TPSA) is 47.3 Å². The van der Waals surface area contributed by atoms with Gasteiger partial charge in [-0.2, -0.15) is 0 Å². The number of hydrogen-bond acceptors (Lipinski definition) is 4. The van der Waals surface area contributed by atoms with Crippen LogP contribution in [-0.4, -0.2) is 24.7 Å². The van der Waals surface area contributed by atoms with Crippen LogP contribution in [0.1, 0.15) is 42.9 Å². The highest BCUT2D eigenvalue weighted by molar-refractivity contribution is 5.07. The molecule has 1 aromatic heterocycles. The van der Waals surface area contributed by atoms with Gasteiger partial charge in [-0.1, -0.05) is 0 Å². The van der Waals surface area contributed by atoms with Crippen LogP contribution < -0.4 is 5.32 Å². The van der Waals surface area contributed by atoms with Crippen molar-refractivity contribution in [1.29, 1.82) is 0 Å². The monoisotopic (exact) mass is 208 g/mol. The Morgan fingerprint density at radius 2 is 2.27 bits per heavy atom. The second-order valence-electron chi connectivity index (χ2n) is 4.32. The lowest BCUT2D eigenvalue weighted by Crippen LogP contribution is -2.40. The molecule has 3 heterocycles.